The monoisotopic (exact) mass is 661 g/mol. The van der Waals surface area contributed by atoms with Crippen LogP contribution in [0.3, 0.4) is 0 Å². The van der Waals surface area contributed by atoms with Gasteiger partial charge in [0.25, 0.3) is 0 Å². The number of alkyl halides is 3. The molecule has 2 atom stereocenters. The Morgan fingerprint density at radius 1 is 1.04 bits per heavy atom. The van der Waals surface area contributed by atoms with Gasteiger partial charge in [-0.1, -0.05) is 0 Å². The number of amides is 3. The lowest BCUT2D eigenvalue weighted by molar-refractivity contribution is -0.203. The molecule has 3 aromatic heterocycles. The summed E-state index contributed by atoms with van der Waals surface area (Å²) in [4.78, 5) is 40.4. The average molecular weight is 662 g/mol. The number of carbonyl (C=O) groups is 2. The second-order valence-corrected chi connectivity index (χ2v) is 13.5. The van der Waals surface area contributed by atoms with Gasteiger partial charge < -0.3 is 24.9 Å². The second-order valence-electron chi connectivity index (χ2n) is 12.5. The van der Waals surface area contributed by atoms with Gasteiger partial charge in [0.2, 0.25) is 11.9 Å². The van der Waals surface area contributed by atoms with Crippen LogP contribution in [0, 0.1) is 5.92 Å². The molecule has 0 aromatic carbocycles. The molecule has 17 heteroatoms. The number of urea groups is 1. The van der Waals surface area contributed by atoms with Crippen LogP contribution >= 0.6 is 11.8 Å². The predicted octanol–water partition coefficient (Wildman–Crippen LogP) is 2.44. The van der Waals surface area contributed by atoms with E-state index in [1.165, 1.54) is 4.90 Å². The largest absolute Gasteiger partial charge is 0.395 e. The zero-order valence-corrected chi connectivity index (χ0v) is 26.5. The van der Waals surface area contributed by atoms with Crippen LogP contribution in [0.4, 0.5) is 35.3 Å². The first kappa shape index (κ1) is 30.9. The fourth-order valence-corrected chi connectivity index (χ4v) is 7.37. The number of hydrogen-bond acceptors (Lipinski definition) is 9. The first-order valence-electron chi connectivity index (χ1n) is 15.7. The molecule has 4 aliphatic heterocycles. The molecule has 0 radical (unpaired) electrons. The van der Waals surface area contributed by atoms with Crippen molar-refractivity contribution in [1.29, 1.82) is 0 Å². The van der Waals surface area contributed by atoms with Crippen LogP contribution in [0.1, 0.15) is 12.8 Å². The zero-order chi connectivity index (χ0) is 32.0. The quantitative estimate of drug-likeness (QED) is 0.390. The van der Waals surface area contributed by atoms with Gasteiger partial charge in [-0.2, -0.15) is 35.0 Å². The van der Waals surface area contributed by atoms with Gasteiger partial charge in [0, 0.05) is 77.0 Å². The summed E-state index contributed by atoms with van der Waals surface area (Å²) < 4.78 is 42.3. The number of nitrogens with zero attached hydrogens (tertiary/aromatic N) is 10. The summed E-state index contributed by atoms with van der Waals surface area (Å²) in [7, 11) is 0. The van der Waals surface area contributed by atoms with E-state index in [2.05, 4.69) is 31.6 Å². The van der Waals surface area contributed by atoms with Gasteiger partial charge in [-0.15, -0.1) is 5.10 Å². The van der Waals surface area contributed by atoms with Gasteiger partial charge in [-0.25, -0.2) is 9.31 Å². The van der Waals surface area contributed by atoms with Crippen LogP contribution in [0.5, 0.6) is 0 Å². The van der Waals surface area contributed by atoms with Crippen molar-refractivity contribution in [2.45, 2.75) is 37.6 Å². The van der Waals surface area contributed by atoms with E-state index >= 15 is 0 Å². The Bertz CT molecular complexity index is 1550. The zero-order valence-electron chi connectivity index (χ0n) is 25.6. The number of piperazine rings is 2. The summed E-state index contributed by atoms with van der Waals surface area (Å²) in [6.45, 7) is 5.05. The number of pyridine rings is 1. The van der Waals surface area contributed by atoms with E-state index in [-0.39, 0.29) is 43.7 Å². The summed E-state index contributed by atoms with van der Waals surface area (Å²) >= 11 is 1.83. The van der Waals surface area contributed by atoms with Crippen molar-refractivity contribution < 1.29 is 22.8 Å². The van der Waals surface area contributed by atoms with Crippen molar-refractivity contribution in [3.05, 3.63) is 30.7 Å². The summed E-state index contributed by atoms with van der Waals surface area (Å²) in [5.41, 5.74) is 2.19. The third-order valence-electron chi connectivity index (χ3n) is 9.52. The number of likely N-dealkylation sites (tertiary alicyclic amines) is 1. The predicted molar refractivity (Wildman–Crippen MR) is 167 cm³/mol. The van der Waals surface area contributed by atoms with Crippen LogP contribution in [0.2, 0.25) is 0 Å². The Morgan fingerprint density at radius 3 is 2.48 bits per heavy atom. The van der Waals surface area contributed by atoms with Crippen LogP contribution in [-0.4, -0.2) is 145 Å². The number of aromatic nitrogens is 5. The molecule has 4 aliphatic rings. The Labute approximate surface area is 268 Å². The van der Waals surface area contributed by atoms with Gasteiger partial charge in [0.15, 0.2) is 5.65 Å². The average Bonchev–Trinajstić information content (AvgIpc) is 3.69. The van der Waals surface area contributed by atoms with Crippen molar-refractivity contribution >= 4 is 46.7 Å². The molecule has 46 heavy (non-hydrogen) atoms. The molecule has 7 heterocycles. The van der Waals surface area contributed by atoms with E-state index in [4.69, 9.17) is 4.98 Å². The lowest BCUT2D eigenvalue weighted by Crippen LogP contribution is -2.64. The summed E-state index contributed by atoms with van der Waals surface area (Å²) in [6.07, 6.45) is 4.69. The number of rotatable bonds is 8. The van der Waals surface area contributed by atoms with Crippen molar-refractivity contribution in [1.82, 2.24) is 44.0 Å². The molecule has 7 rings (SSSR count). The Kier molecular flexibility index (Phi) is 8.37. The molecular weight excluding hydrogens is 623 g/mol. The number of halogens is 3. The fourth-order valence-electron chi connectivity index (χ4n) is 6.93. The molecule has 13 nitrogen and oxygen atoms in total. The maximum Gasteiger partial charge on any atom is 0.395 e. The number of hydrogen-bond donors (Lipinski definition) is 1. The Balaban J connectivity index is 0.963. The molecule has 0 spiro atoms. The topological polar surface area (TPSA) is 110 Å². The van der Waals surface area contributed by atoms with Crippen LogP contribution in [-0.2, 0) is 11.3 Å². The number of thioether (sulfide) groups is 1. The first-order valence-corrected chi connectivity index (χ1v) is 17.1. The standard InChI is InChI=1S/C29H38F3N11O2S/c1-46-12-11-37-7-9-38(10-8-37)25(44)19-41-16-21(13-33-41)34-27-35-26-24(3-2-6-42(26)36-27)39-17-22-4-5-23(18-39)43(22)28(45)40-14-20(15-40)29(30,31)32/h2-3,6,13,16,20,22-23H,4-5,7-12,14-15,17-19H2,1H3,(H,34,36). The molecule has 3 aromatic rings. The summed E-state index contributed by atoms with van der Waals surface area (Å²) in [6, 6.07) is 3.43. The maximum atomic E-state index is 13.1. The van der Waals surface area contributed by atoms with Gasteiger partial charge in [-0.05, 0) is 31.2 Å². The number of carbonyl (C=O) groups excluding carboxylic acids is 2. The van der Waals surface area contributed by atoms with Crippen molar-refractivity contribution in [3.8, 4) is 0 Å². The number of fused-ring (bicyclic) bond motifs is 3. The smallest absolute Gasteiger partial charge is 0.364 e. The molecule has 3 amide bonds. The highest BCUT2D eigenvalue weighted by Crippen LogP contribution is 2.38. The van der Waals surface area contributed by atoms with Crippen molar-refractivity contribution in [2.24, 2.45) is 5.92 Å². The SMILES string of the molecule is CSCCN1CCN(C(=O)Cn2cc(Nc3nc4c(N5CC6CCC(C5)N6C(=O)N5CC(C(F)(F)F)C5)cccn4n3)cn2)CC1. The lowest BCUT2D eigenvalue weighted by atomic mass is 10.00. The summed E-state index contributed by atoms with van der Waals surface area (Å²) in [5, 5.41) is 12.1. The van der Waals surface area contributed by atoms with E-state index in [1.807, 2.05) is 35.0 Å². The second kappa shape index (κ2) is 12.5. The van der Waals surface area contributed by atoms with Crippen molar-refractivity contribution in [3.63, 3.8) is 0 Å². The van der Waals surface area contributed by atoms with E-state index < -0.39 is 12.1 Å². The number of nitrogens with one attached hydrogen (secondary N) is 1. The molecule has 1 N–H and O–H groups in total. The van der Waals surface area contributed by atoms with E-state index in [1.54, 1.807) is 26.5 Å². The van der Waals surface area contributed by atoms with Crippen molar-refractivity contribution in [2.75, 3.05) is 81.1 Å². The third kappa shape index (κ3) is 6.18. The molecule has 2 unspecified atom stereocenters. The van der Waals surface area contributed by atoms with Crippen LogP contribution in [0.15, 0.2) is 30.7 Å². The highest BCUT2D eigenvalue weighted by molar-refractivity contribution is 7.98. The molecule has 0 saturated carbocycles. The highest BCUT2D eigenvalue weighted by atomic mass is 32.2. The minimum absolute atomic E-state index is 0.0424. The normalized spacial score (nSPS) is 22.5. The lowest BCUT2D eigenvalue weighted by Gasteiger charge is -2.47. The summed E-state index contributed by atoms with van der Waals surface area (Å²) in [5.74, 6) is 0.0914. The van der Waals surface area contributed by atoms with Crippen LogP contribution in [0.25, 0.3) is 5.65 Å². The molecule has 4 fully saturated rings. The maximum absolute atomic E-state index is 13.1. The van der Waals surface area contributed by atoms with Gasteiger partial charge in [0.1, 0.15) is 6.54 Å². The molecule has 248 valence electrons. The van der Waals surface area contributed by atoms with Gasteiger partial charge in [-0.3, -0.25) is 14.4 Å². The highest BCUT2D eigenvalue weighted by Gasteiger charge is 2.52. The van der Waals surface area contributed by atoms with Crippen LogP contribution < -0.4 is 10.2 Å². The Hall–Kier alpha value is -3.73. The molecule has 4 saturated heterocycles. The van der Waals surface area contributed by atoms with E-state index in [9.17, 15) is 22.8 Å². The Morgan fingerprint density at radius 2 is 1.78 bits per heavy atom. The minimum atomic E-state index is -4.26. The molecule has 0 aliphatic carbocycles. The van der Waals surface area contributed by atoms with Gasteiger partial charge in [0.05, 0.1) is 35.6 Å². The molecule has 2 bridgehead atoms. The van der Waals surface area contributed by atoms with E-state index in [0.717, 1.165) is 57.0 Å². The fraction of sp³-hybridized carbons (Fsp3) is 0.621. The third-order valence-corrected chi connectivity index (χ3v) is 10.1. The first-order chi connectivity index (χ1) is 22.2. The minimum Gasteiger partial charge on any atom is -0.364 e. The number of anilines is 3. The molecular formula is C29H38F3N11O2S. The van der Waals surface area contributed by atoms with Gasteiger partial charge >= 0.3 is 12.2 Å². The van der Waals surface area contributed by atoms with E-state index in [0.29, 0.717) is 30.4 Å².